The lowest BCUT2D eigenvalue weighted by Crippen LogP contribution is -2.55. The van der Waals surface area contributed by atoms with Gasteiger partial charge in [-0.15, -0.1) is 0 Å². The number of urea groups is 1. The highest BCUT2D eigenvalue weighted by Gasteiger charge is 2.26. The summed E-state index contributed by atoms with van der Waals surface area (Å²) < 4.78 is 0. The number of carboxylic acids is 1. The van der Waals surface area contributed by atoms with Gasteiger partial charge in [-0.3, -0.25) is 19.9 Å². The number of rotatable bonds is 3. The number of nitrogens with one attached hydrogen (secondary N) is 2. The van der Waals surface area contributed by atoms with Gasteiger partial charge in [0.25, 0.3) is 0 Å². The SMILES string of the molecule is O=C1CN(C(=O)NCc2cc(C(=O)O)ccn2)CC(=O)N1. The lowest BCUT2D eigenvalue weighted by atomic mass is 10.2. The maximum atomic E-state index is 11.8. The maximum absolute atomic E-state index is 11.8. The van der Waals surface area contributed by atoms with Crippen LogP contribution in [0.3, 0.4) is 0 Å². The molecule has 1 aliphatic heterocycles. The van der Waals surface area contributed by atoms with Gasteiger partial charge in [0.15, 0.2) is 0 Å². The Bertz CT molecular complexity index is 599. The van der Waals surface area contributed by atoms with Gasteiger partial charge >= 0.3 is 12.0 Å². The molecule has 0 unspecified atom stereocenters. The molecule has 21 heavy (non-hydrogen) atoms. The molecule has 2 rings (SSSR count). The van der Waals surface area contributed by atoms with Crippen molar-refractivity contribution in [1.29, 1.82) is 0 Å². The van der Waals surface area contributed by atoms with Gasteiger partial charge < -0.3 is 15.3 Å². The van der Waals surface area contributed by atoms with Crippen LogP contribution < -0.4 is 10.6 Å². The minimum absolute atomic E-state index is 0.00768. The Kier molecular flexibility index (Phi) is 4.12. The van der Waals surface area contributed by atoms with E-state index in [9.17, 15) is 19.2 Å². The minimum Gasteiger partial charge on any atom is -0.478 e. The summed E-state index contributed by atoms with van der Waals surface area (Å²) in [5.74, 6) is -2.19. The van der Waals surface area contributed by atoms with E-state index >= 15 is 0 Å². The Hall–Kier alpha value is -2.97. The van der Waals surface area contributed by atoms with Gasteiger partial charge in [0.1, 0.15) is 13.1 Å². The zero-order chi connectivity index (χ0) is 15.4. The van der Waals surface area contributed by atoms with Gasteiger partial charge in [-0.2, -0.15) is 0 Å². The number of piperazine rings is 1. The molecule has 1 aromatic rings. The molecule has 0 bridgehead atoms. The van der Waals surface area contributed by atoms with Crippen molar-refractivity contribution in [3.8, 4) is 0 Å². The Morgan fingerprint density at radius 1 is 1.33 bits per heavy atom. The van der Waals surface area contributed by atoms with E-state index in [4.69, 9.17) is 5.11 Å². The first-order chi connectivity index (χ1) is 9.95. The molecule has 9 heteroatoms. The van der Waals surface area contributed by atoms with Crippen LogP contribution >= 0.6 is 0 Å². The molecule has 3 N–H and O–H groups in total. The van der Waals surface area contributed by atoms with Gasteiger partial charge in [0.2, 0.25) is 11.8 Å². The molecule has 0 aromatic carbocycles. The number of pyridine rings is 1. The predicted molar refractivity (Wildman–Crippen MR) is 68.2 cm³/mol. The van der Waals surface area contributed by atoms with E-state index < -0.39 is 23.8 Å². The number of carbonyl (C=O) groups excluding carboxylic acids is 3. The lowest BCUT2D eigenvalue weighted by molar-refractivity contribution is -0.134. The molecule has 1 saturated heterocycles. The summed E-state index contributed by atoms with van der Waals surface area (Å²) >= 11 is 0. The number of hydrogen-bond donors (Lipinski definition) is 3. The van der Waals surface area contributed by atoms with Crippen LogP contribution in [0.15, 0.2) is 18.3 Å². The van der Waals surface area contributed by atoms with Crippen LogP contribution in [0.1, 0.15) is 16.1 Å². The second-order valence-electron chi connectivity index (χ2n) is 4.33. The number of hydrogen-bond acceptors (Lipinski definition) is 5. The lowest BCUT2D eigenvalue weighted by Gasteiger charge is -2.25. The van der Waals surface area contributed by atoms with Crippen LogP contribution in [0.25, 0.3) is 0 Å². The molecule has 2 heterocycles. The first kappa shape index (κ1) is 14.4. The first-order valence-electron chi connectivity index (χ1n) is 5.99. The highest BCUT2D eigenvalue weighted by Crippen LogP contribution is 2.02. The molecule has 4 amide bonds. The quantitative estimate of drug-likeness (QED) is 0.609. The topological polar surface area (TPSA) is 129 Å². The van der Waals surface area contributed by atoms with Crippen LogP contribution in [0.5, 0.6) is 0 Å². The molecule has 0 atom stereocenters. The zero-order valence-corrected chi connectivity index (χ0v) is 10.8. The molecule has 1 fully saturated rings. The largest absolute Gasteiger partial charge is 0.478 e. The van der Waals surface area contributed by atoms with Crippen molar-refractivity contribution >= 4 is 23.8 Å². The van der Waals surface area contributed by atoms with Crippen molar-refractivity contribution in [2.75, 3.05) is 13.1 Å². The molecule has 9 nitrogen and oxygen atoms in total. The van der Waals surface area contributed by atoms with E-state index in [2.05, 4.69) is 15.6 Å². The third-order valence-electron chi connectivity index (χ3n) is 2.72. The predicted octanol–water partition coefficient (Wildman–Crippen LogP) is -1.05. The number of imide groups is 1. The number of nitrogens with zero attached hydrogens (tertiary/aromatic N) is 2. The van der Waals surface area contributed by atoms with Crippen LogP contribution in [-0.2, 0) is 16.1 Å². The molecular weight excluding hydrogens is 280 g/mol. The second kappa shape index (κ2) is 5.99. The van der Waals surface area contributed by atoms with Crippen molar-refractivity contribution in [2.24, 2.45) is 0 Å². The number of carboxylic acid groups (broad SMARTS) is 1. The Morgan fingerprint density at radius 2 is 2.00 bits per heavy atom. The third kappa shape index (κ3) is 3.75. The van der Waals surface area contributed by atoms with Crippen molar-refractivity contribution in [1.82, 2.24) is 20.5 Å². The monoisotopic (exact) mass is 292 g/mol. The van der Waals surface area contributed by atoms with Gasteiger partial charge in [-0.25, -0.2) is 9.59 Å². The molecular formula is C12H12N4O5. The fourth-order valence-corrected chi connectivity index (χ4v) is 1.77. The number of aromatic nitrogens is 1. The first-order valence-corrected chi connectivity index (χ1v) is 5.99. The Balaban J connectivity index is 1.94. The van der Waals surface area contributed by atoms with Gasteiger partial charge in [-0.1, -0.05) is 0 Å². The molecule has 0 aliphatic carbocycles. The molecule has 1 aromatic heterocycles. The van der Waals surface area contributed by atoms with Crippen molar-refractivity contribution in [3.05, 3.63) is 29.6 Å². The zero-order valence-electron chi connectivity index (χ0n) is 10.8. The summed E-state index contributed by atoms with van der Waals surface area (Å²) in [6.45, 7) is -0.424. The fraction of sp³-hybridized carbons (Fsp3) is 0.250. The van der Waals surface area contributed by atoms with Crippen LogP contribution in [0.4, 0.5) is 4.79 Å². The standard InChI is InChI=1S/C12H12N4O5/c17-9-5-16(6-10(18)15-9)12(21)14-4-8-3-7(11(19)20)1-2-13-8/h1-3H,4-6H2,(H,14,21)(H,19,20)(H,15,17,18). The van der Waals surface area contributed by atoms with E-state index in [0.717, 1.165) is 4.90 Å². The number of amides is 4. The average molecular weight is 292 g/mol. The van der Waals surface area contributed by atoms with E-state index in [-0.39, 0.29) is 25.2 Å². The Labute approximate surface area is 118 Å². The van der Waals surface area contributed by atoms with Crippen LogP contribution in [-0.4, -0.2) is 51.9 Å². The third-order valence-corrected chi connectivity index (χ3v) is 2.72. The molecule has 0 radical (unpaired) electrons. The molecule has 0 spiro atoms. The average Bonchev–Trinajstić information content (AvgIpc) is 2.44. The van der Waals surface area contributed by atoms with Gasteiger partial charge in [0.05, 0.1) is 17.8 Å². The van der Waals surface area contributed by atoms with Crippen molar-refractivity contribution in [3.63, 3.8) is 0 Å². The van der Waals surface area contributed by atoms with Gasteiger partial charge in [0, 0.05) is 6.20 Å². The van der Waals surface area contributed by atoms with Crippen LogP contribution in [0.2, 0.25) is 0 Å². The highest BCUT2D eigenvalue weighted by atomic mass is 16.4. The molecule has 110 valence electrons. The van der Waals surface area contributed by atoms with E-state index in [1.54, 1.807) is 0 Å². The number of carbonyl (C=O) groups is 4. The normalized spacial score (nSPS) is 14.6. The minimum atomic E-state index is -1.09. The Morgan fingerprint density at radius 3 is 2.62 bits per heavy atom. The van der Waals surface area contributed by atoms with E-state index in [0.29, 0.717) is 5.69 Å². The van der Waals surface area contributed by atoms with Crippen molar-refractivity contribution in [2.45, 2.75) is 6.54 Å². The van der Waals surface area contributed by atoms with Crippen molar-refractivity contribution < 1.29 is 24.3 Å². The summed E-state index contributed by atoms with van der Waals surface area (Å²) in [5.41, 5.74) is 0.415. The highest BCUT2D eigenvalue weighted by molar-refractivity contribution is 6.02. The summed E-state index contributed by atoms with van der Waals surface area (Å²) in [7, 11) is 0. The van der Waals surface area contributed by atoms with E-state index in [1.807, 2.05) is 0 Å². The fourth-order valence-electron chi connectivity index (χ4n) is 1.77. The summed E-state index contributed by atoms with van der Waals surface area (Å²) in [4.78, 5) is 49.9. The second-order valence-corrected chi connectivity index (χ2v) is 4.33. The van der Waals surface area contributed by atoms with Gasteiger partial charge in [-0.05, 0) is 12.1 Å². The maximum Gasteiger partial charge on any atom is 0.335 e. The number of aromatic carboxylic acids is 1. The summed E-state index contributed by atoms with van der Waals surface area (Å²) in [5, 5.41) is 13.4. The smallest absolute Gasteiger partial charge is 0.335 e. The van der Waals surface area contributed by atoms with Crippen LogP contribution in [0, 0.1) is 0 Å². The van der Waals surface area contributed by atoms with E-state index in [1.165, 1.54) is 18.3 Å². The summed E-state index contributed by atoms with van der Waals surface area (Å²) in [6, 6.07) is 2.07. The summed E-state index contributed by atoms with van der Waals surface area (Å²) in [6.07, 6.45) is 1.32. The molecule has 1 aliphatic rings. The molecule has 0 saturated carbocycles.